The van der Waals surface area contributed by atoms with E-state index in [1.54, 1.807) is 6.07 Å². The van der Waals surface area contributed by atoms with Gasteiger partial charge in [-0.05, 0) is 18.2 Å². The molecule has 108 valence electrons. The highest BCUT2D eigenvalue weighted by molar-refractivity contribution is 6.32. The molecule has 1 heterocycles. The van der Waals surface area contributed by atoms with E-state index in [-0.39, 0.29) is 29.1 Å². The molecule has 1 saturated heterocycles. The van der Waals surface area contributed by atoms with Crippen LogP contribution in [0.2, 0.25) is 5.02 Å². The van der Waals surface area contributed by atoms with Gasteiger partial charge in [-0.15, -0.1) is 0 Å². The van der Waals surface area contributed by atoms with Crippen molar-refractivity contribution in [3.63, 3.8) is 0 Å². The lowest BCUT2D eigenvalue weighted by Gasteiger charge is -2.33. The quantitative estimate of drug-likeness (QED) is 0.865. The first-order chi connectivity index (χ1) is 9.63. The number of nitrogens with zero attached hydrogens (tertiary/aromatic N) is 1. The lowest BCUT2D eigenvalue weighted by atomic mass is 10.2. The number of aliphatic hydroxyl groups is 1. The van der Waals surface area contributed by atoms with Crippen LogP contribution in [0.25, 0.3) is 6.08 Å². The van der Waals surface area contributed by atoms with Crippen molar-refractivity contribution < 1.29 is 19.0 Å². The predicted molar refractivity (Wildman–Crippen MR) is 73.8 cm³/mol. The van der Waals surface area contributed by atoms with Crippen molar-refractivity contribution in [1.29, 1.82) is 0 Å². The molecular formula is C14H15ClFNO3. The van der Waals surface area contributed by atoms with Gasteiger partial charge in [0.25, 0.3) is 0 Å². The molecule has 1 aliphatic rings. The number of aliphatic hydroxyl groups excluding tert-OH is 1. The van der Waals surface area contributed by atoms with E-state index in [1.165, 1.54) is 29.2 Å². The lowest BCUT2D eigenvalue weighted by Crippen LogP contribution is -2.49. The number of carbonyl (C=O) groups excluding carboxylic acids is 1. The third kappa shape index (κ3) is 3.36. The Bertz CT molecular complexity index is 501. The summed E-state index contributed by atoms with van der Waals surface area (Å²) in [4.78, 5) is 13.6. The standard InChI is InChI=1S/C14H15ClFNO3/c15-12-2-1-3-13(16)11(12)4-5-14(19)17-6-7-20-9-10(17)8-18/h1-5,10,18H,6-9H2/b5-4+. The van der Waals surface area contributed by atoms with Gasteiger partial charge in [-0.2, -0.15) is 0 Å². The normalized spacial score (nSPS) is 19.6. The minimum atomic E-state index is -0.484. The van der Waals surface area contributed by atoms with Crippen LogP contribution >= 0.6 is 11.6 Å². The molecule has 0 bridgehead atoms. The van der Waals surface area contributed by atoms with E-state index in [0.29, 0.717) is 19.8 Å². The van der Waals surface area contributed by atoms with Gasteiger partial charge < -0.3 is 14.7 Å². The van der Waals surface area contributed by atoms with Crippen LogP contribution in [0.1, 0.15) is 5.56 Å². The van der Waals surface area contributed by atoms with Gasteiger partial charge in [0.2, 0.25) is 5.91 Å². The first-order valence-electron chi connectivity index (χ1n) is 6.24. The summed E-state index contributed by atoms with van der Waals surface area (Å²) in [6, 6.07) is 3.97. The van der Waals surface area contributed by atoms with Crippen molar-refractivity contribution in [2.45, 2.75) is 6.04 Å². The van der Waals surface area contributed by atoms with E-state index in [1.807, 2.05) is 0 Å². The minimum absolute atomic E-state index is 0.167. The average Bonchev–Trinajstić information content (AvgIpc) is 2.46. The minimum Gasteiger partial charge on any atom is -0.394 e. The summed E-state index contributed by atoms with van der Waals surface area (Å²) in [6.45, 7) is 0.965. The molecule has 1 aromatic rings. The number of benzene rings is 1. The molecule has 1 aliphatic heterocycles. The molecule has 1 fully saturated rings. The fourth-order valence-electron chi connectivity index (χ4n) is 2.02. The number of carbonyl (C=O) groups is 1. The second kappa shape index (κ2) is 6.83. The molecule has 0 spiro atoms. The van der Waals surface area contributed by atoms with Crippen LogP contribution in [-0.4, -0.2) is 48.3 Å². The highest BCUT2D eigenvalue weighted by Crippen LogP contribution is 2.20. The third-order valence-electron chi connectivity index (χ3n) is 3.11. The SMILES string of the molecule is O=C(/C=C/c1c(F)cccc1Cl)N1CCOCC1CO. The van der Waals surface area contributed by atoms with Crippen molar-refractivity contribution in [3.8, 4) is 0 Å². The van der Waals surface area contributed by atoms with E-state index in [4.69, 9.17) is 16.3 Å². The van der Waals surface area contributed by atoms with E-state index in [9.17, 15) is 14.3 Å². The summed E-state index contributed by atoms with van der Waals surface area (Å²) < 4.78 is 18.8. The molecule has 4 nitrogen and oxygen atoms in total. The Morgan fingerprint density at radius 2 is 2.40 bits per heavy atom. The summed E-state index contributed by atoms with van der Waals surface area (Å²) >= 11 is 5.88. The van der Waals surface area contributed by atoms with Crippen LogP contribution in [0, 0.1) is 5.82 Å². The summed E-state index contributed by atoms with van der Waals surface area (Å²) in [5, 5.41) is 9.45. The fourth-order valence-corrected chi connectivity index (χ4v) is 2.24. The summed E-state index contributed by atoms with van der Waals surface area (Å²) in [5.74, 6) is -0.783. The van der Waals surface area contributed by atoms with Crippen molar-refractivity contribution in [2.75, 3.05) is 26.4 Å². The molecule has 6 heteroatoms. The monoisotopic (exact) mass is 299 g/mol. The molecule has 20 heavy (non-hydrogen) atoms. The number of amides is 1. The molecule has 0 aliphatic carbocycles. The largest absolute Gasteiger partial charge is 0.394 e. The van der Waals surface area contributed by atoms with Gasteiger partial charge in [0.15, 0.2) is 0 Å². The molecule has 1 unspecified atom stereocenters. The van der Waals surface area contributed by atoms with Crippen molar-refractivity contribution in [1.82, 2.24) is 4.90 Å². The number of hydrogen-bond acceptors (Lipinski definition) is 3. The van der Waals surface area contributed by atoms with Crippen LogP contribution < -0.4 is 0 Å². The number of ether oxygens (including phenoxy) is 1. The molecule has 1 N–H and O–H groups in total. The smallest absolute Gasteiger partial charge is 0.247 e. The Balaban J connectivity index is 2.12. The van der Waals surface area contributed by atoms with Gasteiger partial charge in [-0.1, -0.05) is 17.7 Å². The van der Waals surface area contributed by atoms with Gasteiger partial charge in [0, 0.05) is 18.2 Å². The number of morpholine rings is 1. The first-order valence-corrected chi connectivity index (χ1v) is 6.62. The zero-order valence-electron chi connectivity index (χ0n) is 10.8. The molecule has 1 amide bonds. The molecule has 2 rings (SSSR count). The Morgan fingerprint density at radius 3 is 3.10 bits per heavy atom. The zero-order valence-corrected chi connectivity index (χ0v) is 11.5. The molecule has 0 aromatic heterocycles. The van der Waals surface area contributed by atoms with Crippen LogP contribution in [-0.2, 0) is 9.53 Å². The molecule has 1 aromatic carbocycles. The Hall–Kier alpha value is -1.43. The van der Waals surface area contributed by atoms with Gasteiger partial charge in [0.05, 0.1) is 30.9 Å². The highest BCUT2D eigenvalue weighted by Gasteiger charge is 2.25. The maximum atomic E-state index is 13.6. The van der Waals surface area contributed by atoms with E-state index in [2.05, 4.69) is 0 Å². The third-order valence-corrected chi connectivity index (χ3v) is 3.44. The summed E-state index contributed by atoms with van der Waals surface area (Å²) in [5.41, 5.74) is 0.177. The molecular weight excluding hydrogens is 285 g/mol. The number of rotatable bonds is 3. The predicted octanol–water partition coefficient (Wildman–Crippen LogP) is 1.71. The topological polar surface area (TPSA) is 49.8 Å². The maximum absolute atomic E-state index is 13.6. The van der Waals surface area contributed by atoms with E-state index >= 15 is 0 Å². The zero-order chi connectivity index (χ0) is 14.5. The molecule has 0 saturated carbocycles. The van der Waals surface area contributed by atoms with Gasteiger partial charge >= 0.3 is 0 Å². The van der Waals surface area contributed by atoms with E-state index < -0.39 is 5.82 Å². The molecule has 1 atom stereocenters. The van der Waals surface area contributed by atoms with Gasteiger partial charge in [-0.25, -0.2) is 4.39 Å². The van der Waals surface area contributed by atoms with E-state index in [0.717, 1.165) is 0 Å². The van der Waals surface area contributed by atoms with Gasteiger partial charge in [-0.3, -0.25) is 4.79 Å². The second-order valence-corrected chi connectivity index (χ2v) is 4.82. The van der Waals surface area contributed by atoms with Crippen molar-refractivity contribution in [3.05, 3.63) is 40.7 Å². The van der Waals surface area contributed by atoms with Crippen LogP contribution in [0.15, 0.2) is 24.3 Å². The Kier molecular flexibility index (Phi) is 5.11. The number of hydrogen-bond donors (Lipinski definition) is 1. The maximum Gasteiger partial charge on any atom is 0.247 e. The van der Waals surface area contributed by atoms with Crippen molar-refractivity contribution in [2.24, 2.45) is 0 Å². The van der Waals surface area contributed by atoms with Crippen LogP contribution in [0.3, 0.4) is 0 Å². The lowest BCUT2D eigenvalue weighted by molar-refractivity contribution is -0.136. The van der Waals surface area contributed by atoms with Gasteiger partial charge in [0.1, 0.15) is 5.82 Å². The number of halogens is 2. The second-order valence-electron chi connectivity index (χ2n) is 4.41. The summed E-state index contributed by atoms with van der Waals surface area (Å²) in [6.07, 6.45) is 2.61. The summed E-state index contributed by atoms with van der Waals surface area (Å²) in [7, 11) is 0. The van der Waals surface area contributed by atoms with Crippen LogP contribution in [0.4, 0.5) is 4.39 Å². The Labute approximate surface area is 121 Å². The first kappa shape index (κ1) is 15.0. The van der Waals surface area contributed by atoms with Crippen LogP contribution in [0.5, 0.6) is 0 Å². The fraction of sp³-hybridized carbons (Fsp3) is 0.357. The highest BCUT2D eigenvalue weighted by atomic mass is 35.5. The average molecular weight is 300 g/mol. The molecule has 0 radical (unpaired) electrons. The van der Waals surface area contributed by atoms with Crippen molar-refractivity contribution >= 4 is 23.6 Å². The Morgan fingerprint density at radius 1 is 1.60 bits per heavy atom.